The van der Waals surface area contributed by atoms with Crippen molar-refractivity contribution in [2.45, 2.75) is 50.4 Å². The van der Waals surface area contributed by atoms with Crippen molar-refractivity contribution in [2.24, 2.45) is 7.05 Å². The zero-order valence-corrected chi connectivity index (χ0v) is 16.5. The molecule has 0 aliphatic carbocycles. The highest BCUT2D eigenvalue weighted by Gasteiger charge is 2.29. The van der Waals surface area contributed by atoms with E-state index in [-0.39, 0.29) is 18.1 Å². The number of carbonyl (C=O) groups excluding carboxylic acids is 1. The molecular weight excluding hydrogens is 346 g/mol. The zero-order valence-electron chi connectivity index (χ0n) is 16.5. The van der Waals surface area contributed by atoms with Crippen LogP contribution in [-0.4, -0.2) is 72.6 Å². The van der Waals surface area contributed by atoms with Crippen molar-refractivity contribution in [1.29, 1.82) is 0 Å². The molecule has 0 bridgehead atoms. The Morgan fingerprint density at radius 1 is 1.33 bits per heavy atom. The first-order valence-corrected chi connectivity index (χ1v) is 10.1. The Hall–Kier alpha value is -1.41. The Kier molecular flexibility index (Phi) is 7.29. The van der Waals surface area contributed by atoms with E-state index in [1.165, 1.54) is 0 Å². The summed E-state index contributed by atoms with van der Waals surface area (Å²) in [6, 6.07) is 4.14. The van der Waals surface area contributed by atoms with E-state index in [1.807, 2.05) is 23.7 Å². The number of likely N-dealkylation sites (tertiary alicyclic amines) is 1. The van der Waals surface area contributed by atoms with Crippen LogP contribution in [0.4, 0.5) is 0 Å². The van der Waals surface area contributed by atoms with Crippen LogP contribution in [0.15, 0.2) is 12.1 Å². The average Bonchev–Trinajstić information content (AvgIpc) is 3.08. The molecule has 2 atom stereocenters. The Morgan fingerprint density at radius 2 is 2.11 bits per heavy atom. The van der Waals surface area contributed by atoms with Crippen molar-refractivity contribution in [1.82, 2.24) is 14.8 Å². The summed E-state index contributed by atoms with van der Waals surface area (Å²) in [7, 11) is 3.59. The van der Waals surface area contributed by atoms with Crippen LogP contribution in [0.25, 0.3) is 0 Å². The predicted octanol–water partition coefficient (Wildman–Crippen LogP) is 1.47. The number of hydrogen-bond donors (Lipinski definition) is 2. The van der Waals surface area contributed by atoms with Crippen LogP contribution in [-0.2, 0) is 16.5 Å². The highest BCUT2D eigenvalue weighted by molar-refractivity contribution is 5.92. The van der Waals surface area contributed by atoms with Gasteiger partial charge in [-0.1, -0.05) is 6.42 Å². The number of carbonyl (C=O) groups is 1. The molecule has 0 unspecified atom stereocenters. The SMILES string of the molecule is CNC(=O)c1ccc([C@H]2CCCCN2C[C@H](O)COC2CCOCC2)n1C. The van der Waals surface area contributed by atoms with Crippen molar-refractivity contribution in [3.05, 3.63) is 23.5 Å². The van der Waals surface area contributed by atoms with Crippen LogP contribution in [0.5, 0.6) is 0 Å². The maximum absolute atomic E-state index is 12.0. The van der Waals surface area contributed by atoms with Crippen LogP contribution in [0.2, 0.25) is 0 Å². The van der Waals surface area contributed by atoms with E-state index in [0.29, 0.717) is 18.8 Å². The molecule has 1 aromatic rings. The van der Waals surface area contributed by atoms with Gasteiger partial charge in [0.15, 0.2) is 0 Å². The van der Waals surface area contributed by atoms with Crippen LogP contribution in [0.3, 0.4) is 0 Å². The lowest BCUT2D eigenvalue weighted by molar-refractivity contribution is -0.0676. The van der Waals surface area contributed by atoms with Gasteiger partial charge in [-0.2, -0.15) is 0 Å². The third kappa shape index (κ3) is 5.10. The van der Waals surface area contributed by atoms with Crippen LogP contribution >= 0.6 is 0 Å². The molecule has 0 saturated carbocycles. The number of hydrogen-bond acceptors (Lipinski definition) is 5. The molecule has 7 heteroatoms. The van der Waals surface area contributed by atoms with Gasteiger partial charge < -0.3 is 24.5 Å². The summed E-state index contributed by atoms with van der Waals surface area (Å²) in [6.45, 7) is 3.41. The van der Waals surface area contributed by atoms with Gasteiger partial charge in [0.25, 0.3) is 5.91 Å². The second-order valence-electron chi connectivity index (χ2n) is 7.59. The van der Waals surface area contributed by atoms with E-state index in [2.05, 4.69) is 10.2 Å². The average molecular weight is 380 g/mol. The van der Waals surface area contributed by atoms with Crippen molar-refractivity contribution in [3.63, 3.8) is 0 Å². The molecule has 0 radical (unpaired) electrons. The van der Waals surface area contributed by atoms with Gasteiger partial charge in [0.05, 0.1) is 24.9 Å². The minimum absolute atomic E-state index is 0.0731. The molecule has 152 valence electrons. The third-order valence-electron chi connectivity index (χ3n) is 5.71. The van der Waals surface area contributed by atoms with E-state index in [0.717, 1.165) is 57.6 Å². The molecule has 3 heterocycles. The number of nitrogens with one attached hydrogen (secondary N) is 1. The minimum Gasteiger partial charge on any atom is -0.389 e. The van der Waals surface area contributed by atoms with E-state index in [1.54, 1.807) is 7.05 Å². The van der Waals surface area contributed by atoms with Gasteiger partial charge in [-0.15, -0.1) is 0 Å². The van der Waals surface area contributed by atoms with E-state index in [9.17, 15) is 9.90 Å². The summed E-state index contributed by atoms with van der Waals surface area (Å²) in [5.41, 5.74) is 1.80. The number of piperidine rings is 1. The number of aliphatic hydroxyl groups is 1. The monoisotopic (exact) mass is 379 g/mol. The molecule has 1 aromatic heterocycles. The minimum atomic E-state index is -0.507. The van der Waals surface area contributed by atoms with E-state index < -0.39 is 6.10 Å². The summed E-state index contributed by atoms with van der Waals surface area (Å²) in [6.07, 6.45) is 4.85. The number of ether oxygens (including phenoxy) is 2. The quantitative estimate of drug-likeness (QED) is 0.750. The summed E-state index contributed by atoms with van der Waals surface area (Å²) in [5, 5.41) is 13.2. The van der Waals surface area contributed by atoms with Gasteiger partial charge in [0.1, 0.15) is 5.69 Å². The number of nitrogens with zero attached hydrogens (tertiary/aromatic N) is 2. The predicted molar refractivity (Wildman–Crippen MR) is 103 cm³/mol. The number of amides is 1. The molecule has 3 rings (SSSR count). The fourth-order valence-electron chi connectivity index (χ4n) is 4.18. The second-order valence-corrected chi connectivity index (χ2v) is 7.59. The Balaban J connectivity index is 1.60. The molecule has 2 N–H and O–H groups in total. The summed E-state index contributed by atoms with van der Waals surface area (Å²) in [5.74, 6) is -0.0731. The molecule has 0 aromatic carbocycles. The Labute approximate surface area is 161 Å². The largest absolute Gasteiger partial charge is 0.389 e. The summed E-state index contributed by atoms with van der Waals surface area (Å²) in [4.78, 5) is 14.4. The standard InChI is InChI=1S/C20H33N3O4/c1-21-20(25)19-7-6-17(22(19)2)18-5-3-4-10-23(18)13-15(24)14-27-16-8-11-26-12-9-16/h6-7,15-16,18,24H,3-5,8-14H2,1-2H3,(H,21,25)/t15-,18+/m0/s1. The lowest BCUT2D eigenvalue weighted by Gasteiger charge is -2.37. The first-order chi connectivity index (χ1) is 13.1. The van der Waals surface area contributed by atoms with Crippen LogP contribution < -0.4 is 5.32 Å². The van der Waals surface area contributed by atoms with Gasteiger partial charge in [0, 0.05) is 39.5 Å². The van der Waals surface area contributed by atoms with E-state index >= 15 is 0 Å². The van der Waals surface area contributed by atoms with Crippen LogP contribution in [0.1, 0.15) is 54.3 Å². The normalized spacial score (nSPS) is 23.3. The topological polar surface area (TPSA) is 76.0 Å². The van der Waals surface area contributed by atoms with Crippen LogP contribution in [0, 0.1) is 0 Å². The van der Waals surface area contributed by atoms with Crippen molar-refractivity contribution in [2.75, 3.05) is 40.0 Å². The second kappa shape index (κ2) is 9.68. The summed E-state index contributed by atoms with van der Waals surface area (Å²) >= 11 is 0. The Bertz CT molecular complexity index is 612. The fraction of sp³-hybridized carbons (Fsp3) is 0.750. The highest BCUT2D eigenvalue weighted by Crippen LogP contribution is 2.32. The van der Waals surface area contributed by atoms with Crippen molar-refractivity contribution < 1.29 is 19.4 Å². The number of rotatable bonds is 7. The first kappa shape index (κ1) is 20.3. The molecule has 7 nitrogen and oxygen atoms in total. The van der Waals surface area contributed by atoms with Gasteiger partial charge in [-0.05, 0) is 44.4 Å². The van der Waals surface area contributed by atoms with Gasteiger partial charge in [-0.25, -0.2) is 0 Å². The summed E-state index contributed by atoms with van der Waals surface area (Å²) < 4.78 is 13.2. The molecular formula is C20H33N3O4. The molecule has 0 spiro atoms. The zero-order chi connectivity index (χ0) is 19.2. The van der Waals surface area contributed by atoms with Gasteiger partial charge in [-0.3, -0.25) is 9.69 Å². The first-order valence-electron chi connectivity index (χ1n) is 10.1. The van der Waals surface area contributed by atoms with Gasteiger partial charge in [0.2, 0.25) is 0 Å². The maximum Gasteiger partial charge on any atom is 0.267 e. The molecule has 2 aliphatic heterocycles. The lowest BCUT2D eigenvalue weighted by atomic mass is 9.99. The van der Waals surface area contributed by atoms with Crippen molar-refractivity contribution in [3.8, 4) is 0 Å². The molecule has 2 aliphatic rings. The number of aromatic nitrogens is 1. The molecule has 2 saturated heterocycles. The highest BCUT2D eigenvalue weighted by atomic mass is 16.5. The van der Waals surface area contributed by atoms with Gasteiger partial charge >= 0.3 is 0 Å². The lowest BCUT2D eigenvalue weighted by Crippen LogP contribution is -2.41. The molecule has 1 amide bonds. The number of aliphatic hydroxyl groups excluding tert-OH is 1. The van der Waals surface area contributed by atoms with E-state index in [4.69, 9.17) is 9.47 Å². The maximum atomic E-state index is 12.0. The fourth-order valence-corrected chi connectivity index (χ4v) is 4.18. The number of β-amino-alcohol motifs (C(OH)–C–C–N with tert-alkyl or cyclic N) is 1. The molecule has 2 fully saturated rings. The molecule has 27 heavy (non-hydrogen) atoms. The Morgan fingerprint density at radius 3 is 2.85 bits per heavy atom. The third-order valence-corrected chi connectivity index (χ3v) is 5.71. The smallest absolute Gasteiger partial charge is 0.267 e. The van der Waals surface area contributed by atoms with Crippen molar-refractivity contribution >= 4 is 5.91 Å².